The van der Waals surface area contributed by atoms with Gasteiger partial charge in [-0.1, -0.05) is 31.4 Å². The Morgan fingerprint density at radius 2 is 2.15 bits per heavy atom. The molecule has 1 fully saturated rings. The van der Waals surface area contributed by atoms with Gasteiger partial charge in [0.15, 0.2) is 0 Å². The molecule has 1 aromatic rings. The van der Waals surface area contributed by atoms with Crippen molar-refractivity contribution >= 4 is 23.3 Å². The van der Waals surface area contributed by atoms with Gasteiger partial charge in [-0.15, -0.1) is 0 Å². The number of halogens is 1. The Balaban J connectivity index is 1.99. The minimum atomic E-state index is -0.638. The highest BCUT2D eigenvalue weighted by Crippen LogP contribution is 2.31. The maximum absolute atomic E-state index is 11.4. The molecule has 1 heterocycles. The van der Waals surface area contributed by atoms with Crippen molar-refractivity contribution in [1.29, 1.82) is 0 Å². The van der Waals surface area contributed by atoms with Gasteiger partial charge < -0.3 is 10.0 Å². The van der Waals surface area contributed by atoms with Crippen LogP contribution in [0.2, 0.25) is 5.02 Å². The van der Waals surface area contributed by atoms with E-state index in [2.05, 4.69) is 11.8 Å². The quantitative estimate of drug-likeness (QED) is 0.860. The van der Waals surface area contributed by atoms with Gasteiger partial charge in [-0.2, -0.15) is 0 Å². The summed E-state index contributed by atoms with van der Waals surface area (Å²) < 4.78 is 0. The molecule has 2 rings (SSSR count). The van der Waals surface area contributed by atoms with Crippen LogP contribution in [0, 0.1) is 11.8 Å². The Hall–Kier alpha value is -1.22. The van der Waals surface area contributed by atoms with Gasteiger partial charge in [0.2, 0.25) is 0 Å². The van der Waals surface area contributed by atoms with Crippen molar-refractivity contribution in [3.05, 3.63) is 29.3 Å². The Bertz CT molecular complexity index is 446. The number of nitrogens with zero attached hydrogens (tertiary/aromatic N) is 1. The largest absolute Gasteiger partial charge is 0.481 e. The maximum Gasteiger partial charge on any atom is 0.306 e. The average molecular weight is 296 g/mol. The molecule has 2 atom stereocenters. The zero-order valence-corrected chi connectivity index (χ0v) is 12.6. The van der Waals surface area contributed by atoms with E-state index in [9.17, 15) is 9.90 Å². The van der Waals surface area contributed by atoms with Crippen LogP contribution in [0.15, 0.2) is 24.3 Å². The summed E-state index contributed by atoms with van der Waals surface area (Å²) in [4.78, 5) is 13.7. The maximum atomic E-state index is 11.4. The average Bonchev–Trinajstić information content (AvgIpc) is 2.89. The lowest BCUT2D eigenvalue weighted by Gasteiger charge is -2.22. The molecule has 1 N–H and O–H groups in total. The number of aliphatic carboxylic acids is 1. The van der Waals surface area contributed by atoms with Crippen molar-refractivity contribution < 1.29 is 9.90 Å². The number of hydrogen-bond acceptors (Lipinski definition) is 2. The summed E-state index contributed by atoms with van der Waals surface area (Å²) in [7, 11) is 0. The summed E-state index contributed by atoms with van der Waals surface area (Å²) in [5.74, 6) is -0.580. The summed E-state index contributed by atoms with van der Waals surface area (Å²) in [6.07, 6.45) is 3.81. The van der Waals surface area contributed by atoms with E-state index in [1.54, 1.807) is 0 Å². The predicted molar refractivity (Wildman–Crippen MR) is 82.4 cm³/mol. The van der Waals surface area contributed by atoms with Crippen LogP contribution in [-0.2, 0) is 4.79 Å². The van der Waals surface area contributed by atoms with Gasteiger partial charge in [0.25, 0.3) is 0 Å². The summed E-state index contributed by atoms with van der Waals surface area (Å²) >= 11 is 5.90. The molecule has 1 aromatic carbocycles. The van der Waals surface area contributed by atoms with E-state index in [-0.39, 0.29) is 11.8 Å². The van der Waals surface area contributed by atoms with E-state index >= 15 is 0 Å². The molecule has 0 amide bonds. The van der Waals surface area contributed by atoms with Gasteiger partial charge in [0.05, 0.1) is 5.92 Å². The van der Waals surface area contributed by atoms with Crippen molar-refractivity contribution in [3.8, 4) is 0 Å². The highest BCUT2D eigenvalue weighted by atomic mass is 35.5. The fourth-order valence-corrected chi connectivity index (χ4v) is 3.11. The van der Waals surface area contributed by atoms with Crippen LogP contribution in [0.1, 0.15) is 32.6 Å². The number of carboxylic acid groups (broad SMARTS) is 1. The first-order valence-electron chi connectivity index (χ1n) is 7.35. The molecule has 1 aliphatic heterocycles. The first-order valence-corrected chi connectivity index (χ1v) is 7.73. The number of benzene rings is 1. The molecule has 1 saturated heterocycles. The molecule has 110 valence electrons. The summed E-state index contributed by atoms with van der Waals surface area (Å²) in [6, 6.07) is 7.78. The molecule has 20 heavy (non-hydrogen) atoms. The number of carbonyl (C=O) groups is 1. The number of unbranched alkanes of at least 4 members (excludes halogenated alkanes) is 1. The van der Waals surface area contributed by atoms with Crippen LogP contribution >= 0.6 is 11.6 Å². The van der Waals surface area contributed by atoms with E-state index < -0.39 is 5.97 Å². The third-order valence-electron chi connectivity index (χ3n) is 4.17. The van der Waals surface area contributed by atoms with E-state index in [0.29, 0.717) is 0 Å². The van der Waals surface area contributed by atoms with Crippen LogP contribution in [0.25, 0.3) is 0 Å². The second-order valence-corrected chi connectivity index (χ2v) is 5.99. The first kappa shape index (κ1) is 15.2. The van der Waals surface area contributed by atoms with E-state index in [1.807, 2.05) is 24.3 Å². The fourth-order valence-electron chi connectivity index (χ4n) is 2.99. The summed E-state index contributed by atoms with van der Waals surface area (Å²) in [5.41, 5.74) is 1.14. The standard InChI is InChI=1S/C16H22ClNO2/c1-2-3-4-15(16(19)20)12-9-10-18(11-12)14-7-5-13(17)6-8-14/h5-8,12,15H,2-4,9-11H2,1H3,(H,19,20)/t12-,15?/m1/s1. The lowest BCUT2D eigenvalue weighted by Crippen LogP contribution is -2.27. The zero-order chi connectivity index (χ0) is 14.5. The zero-order valence-electron chi connectivity index (χ0n) is 11.9. The second kappa shape index (κ2) is 6.98. The lowest BCUT2D eigenvalue weighted by atomic mass is 9.87. The monoisotopic (exact) mass is 295 g/mol. The minimum absolute atomic E-state index is 0.202. The number of rotatable bonds is 6. The number of anilines is 1. The van der Waals surface area contributed by atoms with Gasteiger partial charge in [0, 0.05) is 23.8 Å². The highest BCUT2D eigenvalue weighted by molar-refractivity contribution is 6.30. The van der Waals surface area contributed by atoms with Crippen LogP contribution in [-0.4, -0.2) is 24.2 Å². The SMILES string of the molecule is CCCCC(C(=O)O)[C@@H]1CCN(c2ccc(Cl)cc2)C1. The van der Waals surface area contributed by atoms with Gasteiger partial charge in [-0.3, -0.25) is 4.79 Å². The minimum Gasteiger partial charge on any atom is -0.481 e. The predicted octanol–water partition coefficient (Wildman–Crippen LogP) is 4.06. The second-order valence-electron chi connectivity index (χ2n) is 5.56. The first-order chi connectivity index (χ1) is 9.61. The smallest absolute Gasteiger partial charge is 0.306 e. The summed E-state index contributed by atoms with van der Waals surface area (Å²) in [6.45, 7) is 3.87. The molecule has 1 aliphatic rings. The molecule has 3 nitrogen and oxygen atoms in total. The molecule has 0 aromatic heterocycles. The van der Waals surface area contributed by atoms with E-state index in [4.69, 9.17) is 11.6 Å². The molecule has 0 spiro atoms. The molecular weight excluding hydrogens is 274 g/mol. The number of hydrogen-bond donors (Lipinski definition) is 1. The van der Waals surface area contributed by atoms with Gasteiger partial charge in [0.1, 0.15) is 0 Å². The Morgan fingerprint density at radius 1 is 1.45 bits per heavy atom. The van der Waals surface area contributed by atoms with Crippen molar-refractivity contribution in [1.82, 2.24) is 0 Å². The van der Waals surface area contributed by atoms with Crippen LogP contribution in [0.5, 0.6) is 0 Å². The van der Waals surface area contributed by atoms with Gasteiger partial charge >= 0.3 is 5.97 Å². The normalized spacial score (nSPS) is 20.1. The third-order valence-corrected chi connectivity index (χ3v) is 4.42. The van der Waals surface area contributed by atoms with Crippen molar-refractivity contribution in [2.45, 2.75) is 32.6 Å². The van der Waals surface area contributed by atoms with Gasteiger partial charge in [-0.25, -0.2) is 0 Å². The van der Waals surface area contributed by atoms with E-state index in [1.165, 1.54) is 0 Å². The summed E-state index contributed by atoms with van der Waals surface area (Å²) in [5, 5.41) is 10.1. The Kier molecular flexibility index (Phi) is 5.30. The van der Waals surface area contributed by atoms with Gasteiger partial charge in [-0.05, 0) is 43.0 Å². The van der Waals surface area contributed by atoms with Crippen LogP contribution in [0.4, 0.5) is 5.69 Å². The molecule has 0 radical (unpaired) electrons. The Labute approximate surface area is 125 Å². The van der Waals surface area contributed by atoms with Crippen molar-refractivity contribution in [2.24, 2.45) is 11.8 Å². The highest BCUT2D eigenvalue weighted by Gasteiger charge is 2.33. The molecule has 0 saturated carbocycles. The third kappa shape index (κ3) is 3.66. The topological polar surface area (TPSA) is 40.5 Å². The number of carboxylic acids is 1. The molecule has 1 unspecified atom stereocenters. The molecule has 0 bridgehead atoms. The molecule has 4 heteroatoms. The Morgan fingerprint density at radius 3 is 2.75 bits per heavy atom. The molecular formula is C16H22ClNO2. The van der Waals surface area contributed by atoms with Crippen LogP contribution < -0.4 is 4.90 Å². The molecule has 0 aliphatic carbocycles. The van der Waals surface area contributed by atoms with Crippen molar-refractivity contribution in [3.63, 3.8) is 0 Å². The lowest BCUT2D eigenvalue weighted by molar-refractivity contribution is -0.143. The van der Waals surface area contributed by atoms with Crippen molar-refractivity contribution in [2.75, 3.05) is 18.0 Å². The van der Waals surface area contributed by atoms with Crippen LogP contribution in [0.3, 0.4) is 0 Å². The fraction of sp³-hybridized carbons (Fsp3) is 0.562. The van der Waals surface area contributed by atoms with E-state index in [0.717, 1.165) is 49.5 Å².